The molecule has 2 aromatic heterocycles. The average molecular weight is 346 g/mol. The van der Waals surface area contributed by atoms with Gasteiger partial charge in [-0.1, -0.05) is 0 Å². The van der Waals surface area contributed by atoms with Gasteiger partial charge < -0.3 is 19.4 Å². The Morgan fingerprint density at radius 2 is 1.80 bits per heavy atom. The van der Waals surface area contributed by atoms with Crippen molar-refractivity contribution in [2.45, 2.75) is 19.8 Å². The van der Waals surface area contributed by atoms with Crippen LogP contribution in [0.5, 0.6) is 0 Å². The second-order valence-corrected chi connectivity index (χ2v) is 6.21. The number of aromatic amines is 1. The summed E-state index contributed by atoms with van der Waals surface area (Å²) in [6.07, 6.45) is 2.07. The topological polar surface area (TPSA) is 103 Å². The van der Waals surface area contributed by atoms with Crippen molar-refractivity contribution in [3.63, 3.8) is 0 Å². The summed E-state index contributed by atoms with van der Waals surface area (Å²) >= 11 is 0. The minimum absolute atomic E-state index is 0.257. The van der Waals surface area contributed by atoms with E-state index in [9.17, 15) is 4.79 Å². The normalized spacial score (nSPS) is 18.2. The number of hydrogen-bond donors (Lipinski definition) is 1. The van der Waals surface area contributed by atoms with Gasteiger partial charge in [-0.15, -0.1) is 5.10 Å². The van der Waals surface area contributed by atoms with E-state index in [1.807, 2.05) is 6.92 Å². The molecule has 0 radical (unpaired) electrons. The molecular formula is C15H22N8O2. The molecule has 0 saturated carbocycles. The monoisotopic (exact) mass is 346 g/mol. The molecule has 2 aromatic rings. The van der Waals surface area contributed by atoms with Crippen LogP contribution in [0.15, 0.2) is 0 Å². The van der Waals surface area contributed by atoms with E-state index in [4.69, 9.17) is 9.72 Å². The Labute approximate surface area is 145 Å². The van der Waals surface area contributed by atoms with Crippen molar-refractivity contribution in [3.05, 3.63) is 0 Å². The zero-order valence-electron chi connectivity index (χ0n) is 14.3. The number of hydrogen-bond acceptors (Lipinski definition) is 8. The number of rotatable bonds is 3. The van der Waals surface area contributed by atoms with E-state index in [2.05, 4.69) is 30.2 Å². The molecule has 0 bridgehead atoms. The fourth-order valence-electron chi connectivity index (χ4n) is 3.32. The summed E-state index contributed by atoms with van der Waals surface area (Å²) in [5.74, 6) is 1.49. The third-order valence-corrected chi connectivity index (χ3v) is 4.65. The van der Waals surface area contributed by atoms with Crippen molar-refractivity contribution in [1.29, 1.82) is 0 Å². The van der Waals surface area contributed by atoms with Gasteiger partial charge in [0.15, 0.2) is 11.3 Å². The first-order chi connectivity index (χ1) is 12.3. The summed E-state index contributed by atoms with van der Waals surface area (Å²) in [4.78, 5) is 27.2. The van der Waals surface area contributed by atoms with Gasteiger partial charge in [0.1, 0.15) is 0 Å². The zero-order chi connectivity index (χ0) is 17.2. The predicted molar refractivity (Wildman–Crippen MR) is 91.7 cm³/mol. The molecule has 25 heavy (non-hydrogen) atoms. The molecule has 1 amide bonds. The van der Waals surface area contributed by atoms with E-state index >= 15 is 0 Å². The maximum atomic E-state index is 11.8. The average Bonchev–Trinajstić information content (AvgIpc) is 3.33. The van der Waals surface area contributed by atoms with Gasteiger partial charge in [0.25, 0.3) is 0 Å². The lowest BCUT2D eigenvalue weighted by Crippen LogP contribution is -2.49. The molecule has 0 aromatic carbocycles. The van der Waals surface area contributed by atoms with Crippen LogP contribution in [0.1, 0.15) is 19.8 Å². The highest BCUT2D eigenvalue weighted by atomic mass is 16.6. The van der Waals surface area contributed by atoms with Crippen molar-refractivity contribution in [1.82, 2.24) is 30.3 Å². The Morgan fingerprint density at radius 1 is 1.04 bits per heavy atom. The maximum Gasteiger partial charge on any atom is 0.409 e. The minimum atomic E-state index is -0.257. The highest BCUT2D eigenvalue weighted by Crippen LogP contribution is 2.26. The second-order valence-electron chi connectivity index (χ2n) is 6.21. The first-order valence-corrected chi connectivity index (χ1v) is 8.76. The SMILES string of the molecule is CCOC(=O)N1CCN(c2nc(N3CCCC3)c3n[nH]nc3n2)CC1. The zero-order valence-corrected chi connectivity index (χ0v) is 14.3. The van der Waals surface area contributed by atoms with Crippen LogP contribution in [0, 0.1) is 0 Å². The smallest absolute Gasteiger partial charge is 0.409 e. The minimum Gasteiger partial charge on any atom is -0.450 e. The molecule has 4 heterocycles. The van der Waals surface area contributed by atoms with E-state index in [1.54, 1.807) is 4.90 Å². The Hall–Kier alpha value is -2.65. The van der Waals surface area contributed by atoms with E-state index in [0.717, 1.165) is 37.3 Å². The molecule has 2 aliphatic rings. The second kappa shape index (κ2) is 6.69. The number of nitrogens with one attached hydrogen (secondary N) is 1. The standard InChI is InChI=1S/C15H22N8O2/c1-2-25-15(24)23-9-7-22(8-10-23)14-16-12-11(18-20-19-12)13(17-14)21-5-3-4-6-21/h2-10H2,1H3,(H,16,17,18,19,20). The molecule has 0 aliphatic carbocycles. The van der Waals surface area contributed by atoms with Gasteiger partial charge in [-0.05, 0) is 19.8 Å². The van der Waals surface area contributed by atoms with Crippen LogP contribution in [-0.4, -0.2) is 82.2 Å². The summed E-state index contributed by atoms with van der Waals surface area (Å²) in [7, 11) is 0. The van der Waals surface area contributed by atoms with Gasteiger partial charge in [-0.25, -0.2) is 4.79 Å². The number of nitrogens with zero attached hydrogens (tertiary/aromatic N) is 7. The van der Waals surface area contributed by atoms with Gasteiger partial charge in [0, 0.05) is 39.3 Å². The van der Waals surface area contributed by atoms with Crippen molar-refractivity contribution in [2.75, 3.05) is 55.7 Å². The number of ether oxygens (including phenoxy) is 1. The highest BCUT2D eigenvalue weighted by Gasteiger charge is 2.26. The third-order valence-electron chi connectivity index (χ3n) is 4.65. The summed E-state index contributed by atoms with van der Waals surface area (Å²) < 4.78 is 5.06. The number of piperazine rings is 1. The molecule has 0 unspecified atom stereocenters. The Balaban J connectivity index is 1.55. The summed E-state index contributed by atoms with van der Waals surface area (Å²) in [5.41, 5.74) is 1.30. The fourth-order valence-corrected chi connectivity index (χ4v) is 3.32. The van der Waals surface area contributed by atoms with Crippen LogP contribution in [0.25, 0.3) is 11.2 Å². The van der Waals surface area contributed by atoms with E-state index in [0.29, 0.717) is 44.4 Å². The van der Waals surface area contributed by atoms with Gasteiger partial charge in [-0.3, -0.25) is 0 Å². The molecule has 134 valence electrons. The van der Waals surface area contributed by atoms with Gasteiger partial charge in [0.2, 0.25) is 11.6 Å². The van der Waals surface area contributed by atoms with Crippen LogP contribution >= 0.6 is 0 Å². The Kier molecular flexibility index (Phi) is 4.24. The molecule has 2 aliphatic heterocycles. The number of amides is 1. The molecule has 2 saturated heterocycles. The molecule has 0 atom stereocenters. The lowest BCUT2D eigenvalue weighted by Gasteiger charge is -2.34. The molecule has 1 N–H and O–H groups in total. The van der Waals surface area contributed by atoms with E-state index in [1.165, 1.54) is 0 Å². The number of carbonyl (C=O) groups excluding carboxylic acids is 1. The van der Waals surface area contributed by atoms with E-state index in [-0.39, 0.29) is 6.09 Å². The highest BCUT2D eigenvalue weighted by molar-refractivity contribution is 5.84. The third kappa shape index (κ3) is 3.03. The number of H-pyrrole nitrogens is 1. The van der Waals surface area contributed by atoms with Crippen LogP contribution in [0.4, 0.5) is 16.6 Å². The van der Waals surface area contributed by atoms with Crippen LogP contribution in [-0.2, 0) is 4.74 Å². The summed E-state index contributed by atoms with van der Waals surface area (Å²) in [6.45, 7) is 6.70. The fraction of sp³-hybridized carbons (Fsp3) is 0.667. The van der Waals surface area contributed by atoms with Gasteiger partial charge in [0.05, 0.1) is 6.61 Å². The van der Waals surface area contributed by atoms with Crippen molar-refractivity contribution < 1.29 is 9.53 Å². The van der Waals surface area contributed by atoms with Crippen molar-refractivity contribution in [2.24, 2.45) is 0 Å². The van der Waals surface area contributed by atoms with Gasteiger partial charge in [-0.2, -0.15) is 20.3 Å². The lowest BCUT2D eigenvalue weighted by molar-refractivity contribution is 0.105. The van der Waals surface area contributed by atoms with Crippen LogP contribution in [0.3, 0.4) is 0 Å². The number of fused-ring (bicyclic) bond motifs is 1. The first kappa shape index (κ1) is 15.9. The Morgan fingerprint density at radius 3 is 2.52 bits per heavy atom. The predicted octanol–water partition coefficient (Wildman–Crippen LogP) is 0.627. The van der Waals surface area contributed by atoms with Crippen LogP contribution < -0.4 is 9.80 Å². The molecule has 2 fully saturated rings. The molecular weight excluding hydrogens is 324 g/mol. The summed E-state index contributed by atoms with van der Waals surface area (Å²) in [6, 6.07) is 0. The number of carbonyl (C=O) groups is 1. The number of anilines is 2. The lowest BCUT2D eigenvalue weighted by atomic mass is 10.3. The maximum absolute atomic E-state index is 11.8. The van der Waals surface area contributed by atoms with E-state index < -0.39 is 0 Å². The largest absolute Gasteiger partial charge is 0.450 e. The summed E-state index contributed by atoms with van der Waals surface area (Å²) in [5, 5.41) is 11.0. The van der Waals surface area contributed by atoms with Crippen molar-refractivity contribution >= 4 is 29.0 Å². The molecule has 4 rings (SSSR count). The van der Waals surface area contributed by atoms with Crippen molar-refractivity contribution in [3.8, 4) is 0 Å². The Bertz CT molecular complexity index is 749. The number of aromatic nitrogens is 5. The molecule has 10 heteroatoms. The molecule has 10 nitrogen and oxygen atoms in total. The molecule has 0 spiro atoms. The van der Waals surface area contributed by atoms with Gasteiger partial charge >= 0.3 is 6.09 Å². The van der Waals surface area contributed by atoms with Crippen LogP contribution in [0.2, 0.25) is 0 Å². The quantitative estimate of drug-likeness (QED) is 0.863. The first-order valence-electron chi connectivity index (χ1n) is 8.76.